The molecule has 0 amide bonds. The van der Waals surface area contributed by atoms with E-state index in [1.165, 1.54) is 0 Å². The van der Waals surface area contributed by atoms with Crippen molar-refractivity contribution >= 4 is 34.0 Å². The summed E-state index contributed by atoms with van der Waals surface area (Å²) in [7, 11) is 0. The Morgan fingerprint density at radius 1 is 1.47 bits per heavy atom. The Morgan fingerprint density at radius 3 is 2.84 bits per heavy atom. The first-order valence-electron chi connectivity index (χ1n) is 5.86. The van der Waals surface area contributed by atoms with E-state index in [0.717, 1.165) is 10.9 Å². The lowest BCUT2D eigenvalue weighted by Crippen LogP contribution is -2.19. The largest absolute Gasteiger partial charge is 0.422 e. The fraction of sp³-hybridized carbons (Fsp3) is 0.231. The Bertz CT molecular complexity index is 694. The van der Waals surface area contributed by atoms with Crippen molar-refractivity contribution in [1.82, 2.24) is 0 Å². The van der Waals surface area contributed by atoms with Crippen molar-refractivity contribution in [2.24, 2.45) is 11.5 Å². The third-order valence-corrected chi connectivity index (χ3v) is 3.05. The first-order valence-corrected chi connectivity index (χ1v) is 6.26. The van der Waals surface area contributed by atoms with Gasteiger partial charge in [0.2, 0.25) is 0 Å². The van der Waals surface area contributed by atoms with Gasteiger partial charge in [0.1, 0.15) is 5.58 Å². The van der Waals surface area contributed by atoms with Gasteiger partial charge in [-0.1, -0.05) is 0 Å². The van der Waals surface area contributed by atoms with E-state index in [9.17, 15) is 4.79 Å². The number of anilines is 1. The van der Waals surface area contributed by atoms with Crippen LogP contribution in [0.5, 0.6) is 0 Å². The molecule has 19 heavy (non-hydrogen) atoms. The lowest BCUT2D eigenvalue weighted by Gasteiger charge is -2.09. The maximum absolute atomic E-state index is 11.9. The molecule has 2 aromatic rings. The molecule has 0 fully saturated rings. The molecule has 0 aliphatic heterocycles. The molecule has 5 N–H and O–H groups in total. The van der Waals surface area contributed by atoms with Crippen molar-refractivity contribution < 1.29 is 4.42 Å². The quantitative estimate of drug-likeness (QED) is 0.577. The van der Waals surface area contributed by atoms with Gasteiger partial charge in [0.05, 0.1) is 0 Å². The maximum Gasteiger partial charge on any atom is 0.339 e. The molecule has 2 rings (SSSR count). The molecule has 0 spiro atoms. The summed E-state index contributed by atoms with van der Waals surface area (Å²) in [6.45, 7) is 2.31. The van der Waals surface area contributed by atoms with Gasteiger partial charge in [0.25, 0.3) is 0 Å². The van der Waals surface area contributed by atoms with E-state index < -0.39 is 0 Å². The van der Waals surface area contributed by atoms with Gasteiger partial charge in [-0.15, -0.1) is 0 Å². The Balaban J connectivity index is 2.60. The van der Waals surface area contributed by atoms with Gasteiger partial charge in [0.15, 0.2) is 5.11 Å². The van der Waals surface area contributed by atoms with Crippen LogP contribution in [-0.2, 0) is 6.42 Å². The zero-order valence-electron chi connectivity index (χ0n) is 10.5. The second-order valence-corrected chi connectivity index (χ2v) is 4.67. The van der Waals surface area contributed by atoms with Crippen molar-refractivity contribution in [3.05, 3.63) is 39.7 Å². The van der Waals surface area contributed by atoms with Crippen LogP contribution >= 0.6 is 12.2 Å². The summed E-state index contributed by atoms with van der Waals surface area (Å²) in [5.41, 5.74) is 13.3. The smallest absolute Gasteiger partial charge is 0.339 e. The number of fused-ring (bicyclic) bond motifs is 1. The third-order valence-electron chi connectivity index (χ3n) is 2.95. The van der Waals surface area contributed by atoms with Crippen molar-refractivity contribution in [2.45, 2.75) is 13.3 Å². The van der Waals surface area contributed by atoms with Crippen LogP contribution in [0.25, 0.3) is 11.0 Å². The van der Waals surface area contributed by atoms with Crippen LogP contribution in [0.2, 0.25) is 0 Å². The van der Waals surface area contributed by atoms with Crippen molar-refractivity contribution in [3.8, 4) is 0 Å². The molecular weight excluding hydrogens is 262 g/mol. The highest BCUT2D eigenvalue weighted by Gasteiger charge is 2.11. The lowest BCUT2D eigenvalue weighted by molar-refractivity contribution is 0.548. The molecule has 0 unspecified atom stereocenters. The molecule has 0 aliphatic rings. The van der Waals surface area contributed by atoms with E-state index in [0.29, 0.717) is 29.8 Å². The molecule has 6 heteroatoms. The number of nitrogens with two attached hydrogens (primary N) is 2. The predicted molar refractivity (Wildman–Crippen MR) is 80.4 cm³/mol. The molecule has 1 aromatic heterocycles. The lowest BCUT2D eigenvalue weighted by atomic mass is 10.0. The number of thiocarbonyl (C=S) groups is 1. The topological polar surface area (TPSA) is 94.3 Å². The van der Waals surface area contributed by atoms with Crippen LogP contribution in [0, 0.1) is 6.92 Å². The highest BCUT2D eigenvalue weighted by molar-refractivity contribution is 7.80. The number of benzene rings is 1. The van der Waals surface area contributed by atoms with Crippen LogP contribution in [-0.4, -0.2) is 11.7 Å². The monoisotopic (exact) mass is 277 g/mol. The summed E-state index contributed by atoms with van der Waals surface area (Å²) >= 11 is 4.77. The number of aryl methyl sites for hydroxylation is 1. The third kappa shape index (κ3) is 2.74. The fourth-order valence-corrected chi connectivity index (χ4v) is 2.17. The zero-order chi connectivity index (χ0) is 14.0. The molecule has 100 valence electrons. The van der Waals surface area contributed by atoms with Crippen LogP contribution in [0.3, 0.4) is 0 Å². The first kappa shape index (κ1) is 13.5. The van der Waals surface area contributed by atoms with Crippen LogP contribution in [0.15, 0.2) is 27.4 Å². The molecule has 0 saturated heterocycles. The van der Waals surface area contributed by atoms with Crippen molar-refractivity contribution in [3.63, 3.8) is 0 Å². The van der Waals surface area contributed by atoms with Gasteiger partial charge in [-0.3, -0.25) is 0 Å². The van der Waals surface area contributed by atoms with Gasteiger partial charge >= 0.3 is 5.63 Å². The minimum absolute atomic E-state index is 0.165. The first-order chi connectivity index (χ1) is 9.02. The Morgan fingerprint density at radius 2 is 2.21 bits per heavy atom. The number of rotatable bonds is 3. The zero-order valence-corrected chi connectivity index (χ0v) is 11.3. The Hall–Kier alpha value is -1.92. The minimum Gasteiger partial charge on any atom is -0.422 e. The van der Waals surface area contributed by atoms with Crippen LogP contribution in [0.1, 0.15) is 11.1 Å². The Labute approximate surface area is 115 Å². The van der Waals surface area contributed by atoms with Crippen LogP contribution in [0.4, 0.5) is 5.69 Å². The summed E-state index contributed by atoms with van der Waals surface area (Å²) in [6.07, 6.45) is 0.511. The van der Waals surface area contributed by atoms with Gasteiger partial charge < -0.3 is 21.2 Å². The summed E-state index contributed by atoms with van der Waals surface area (Å²) in [5.74, 6) is 0. The second-order valence-electron chi connectivity index (χ2n) is 4.23. The van der Waals surface area contributed by atoms with Gasteiger partial charge in [-0.05, 0) is 49.8 Å². The average molecular weight is 277 g/mol. The standard InChI is InChI=1S/C13H15N3O2S/c1-7-9-3-2-8(16-13(15)19)6-11(9)18-12(17)10(7)4-5-14/h2-3,6H,4-5,14H2,1H3,(H3,15,16,19). The molecule has 0 saturated carbocycles. The fourth-order valence-electron chi connectivity index (χ4n) is 2.05. The average Bonchev–Trinajstić information content (AvgIpc) is 2.33. The van der Waals surface area contributed by atoms with E-state index in [4.69, 9.17) is 28.1 Å². The molecule has 0 radical (unpaired) electrons. The maximum atomic E-state index is 11.9. The van der Waals surface area contributed by atoms with E-state index in [-0.39, 0.29) is 10.7 Å². The van der Waals surface area contributed by atoms with E-state index in [1.54, 1.807) is 6.07 Å². The number of nitrogens with one attached hydrogen (secondary N) is 1. The second kappa shape index (κ2) is 5.38. The van der Waals surface area contributed by atoms with Crippen molar-refractivity contribution in [2.75, 3.05) is 11.9 Å². The molecule has 1 aromatic carbocycles. The predicted octanol–water partition coefficient (Wildman–Crippen LogP) is 1.26. The SMILES string of the molecule is Cc1c(CCN)c(=O)oc2cc(NC(N)=S)ccc12. The van der Waals surface area contributed by atoms with E-state index in [1.807, 2.05) is 19.1 Å². The van der Waals surface area contributed by atoms with E-state index in [2.05, 4.69) is 5.32 Å². The number of hydrogen-bond acceptors (Lipinski definition) is 4. The normalized spacial score (nSPS) is 10.6. The van der Waals surface area contributed by atoms with Gasteiger partial charge in [0, 0.05) is 22.7 Å². The summed E-state index contributed by atoms with van der Waals surface area (Å²) in [6, 6.07) is 5.41. The summed E-state index contributed by atoms with van der Waals surface area (Å²) in [4.78, 5) is 11.9. The van der Waals surface area contributed by atoms with Gasteiger partial charge in [-0.2, -0.15) is 0 Å². The van der Waals surface area contributed by atoms with Gasteiger partial charge in [-0.25, -0.2) is 4.79 Å². The highest BCUT2D eigenvalue weighted by Crippen LogP contribution is 2.23. The van der Waals surface area contributed by atoms with Crippen LogP contribution < -0.4 is 22.4 Å². The molecule has 5 nitrogen and oxygen atoms in total. The molecule has 1 heterocycles. The summed E-state index contributed by atoms with van der Waals surface area (Å²) in [5, 5.41) is 3.85. The molecule has 0 bridgehead atoms. The number of hydrogen-bond donors (Lipinski definition) is 3. The molecule has 0 aliphatic carbocycles. The van der Waals surface area contributed by atoms with Crippen molar-refractivity contribution in [1.29, 1.82) is 0 Å². The van der Waals surface area contributed by atoms with E-state index >= 15 is 0 Å². The molecular formula is C13H15N3O2S. The Kier molecular flexibility index (Phi) is 3.82. The minimum atomic E-state index is -0.345. The highest BCUT2D eigenvalue weighted by atomic mass is 32.1. The summed E-state index contributed by atoms with van der Waals surface area (Å²) < 4.78 is 5.31. The molecule has 0 atom stereocenters.